The quantitative estimate of drug-likeness (QED) is 0.897. The summed E-state index contributed by atoms with van der Waals surface area (Å²) in [7, 11) is 0. The van der Waals surface area contributed by atoms with Crippen LogP contribution in [0.4, 0.5) is 4.39 Å². The Bertz CT molecular complexity index is 619. The van der Waals surface area contributed by atoms with Crippen LogP contribution in [0, 0.1) is 12.7 Å². The molecule has 4 heteroatoms. The zero-order valence-electron chi connectivity index (χ0n) is 10.2. The first-order valence-corrected chi connectivity index (χ1v) is 5.74. The number of aryl methyl sites for hydroxylation is 1. The molecule has 2 N–H and O–H groups in total. The second-order valence-corrected chi connectivity index (χ2v) is 4.34. The van der Waals surface area contributed by atoms with Crippen molar-refractivity contribution in [3.63, 3.8) is 0 Å². The fourth-order valence-corrected chi connectivity index (χ4v) is 1.86. The Kier molecular flexibility index (Phi) is 3.58. The highest BCUT2D eigenvalue weighted by atomic mass is 19.1. The zero-order chi connectivity index (χ0) is 13.1. The van der Waals surface area contributed by atoms with E-state index >= 15 is 0 Å². The minimum absolute atomic E-state index is 0.0893. The van der Waals surface area contributed by atoms with Crippen LogP contribution in [0.25, 0.3) is 0 Å². The van der Waals surface area contributed by atoms with Crippen LogP contribution in [0.5, 0.6) is 0 Å². The van der Waals surface area contributed by atoms with Crippen LogP contribution in [-0.4, -0.2) is 4.57 Å². The highest BCUT2D eigenvalue weighted by Gasteiger charge is 2.02. The number of halogens is 1. The molecule has 1 aromatic carbocycles. The first-order valence-electron chi connectivity index (χ1n) is 5.74. The van der Waals surface area contributed by atoms with Crippen molar-refractivity contribution >= 4 is 0 Å². The molecule has 3 nitrogen and oxygen atoms in total. The van der Waals surface area contributed by atoms with Gasteiger partial charge in [0, 0.05) is 18.8 Å². The summed E-state index contributed by atoms with van der Waals surface area (Å²) in [5.41, 5.74) is 7.79. The summed E-state index contributed by atoms with van der Waals surface area (Å²) in [6.45, 7) is 2.50. The van der Waals surface area contributed by atoms with Crippen molar-refractivity contribution in [1.82, 2.24) is 4.57 Å². The van der Waals surface area contributed by atoms with Crippen molar-refractivity contribution in [3.8, 4) is 0 Å². The van der Waals surface area contributed by atoms with Crippen molar-refractivity contribution in [2.45, 2.75) is 20.0 Å². The molecule has 0 aliphatic rings. The molecule has 0 bridgehead atoms. The number of rotatable bonds is 3. The van der Waals surface area contributed by atoms with Crippen molar-refractivity contribution in [3.05, 3.63) is 69.4 Å². The number of nitrogens with zero attached hydrogens (tertiary/aromatic N) is 1. The van der Waals surface area contributed by atoms with Crippen LogP contribution in [-0.2, 0) is 13.1 Å². The molecule has 0 saturated carbocycles. The molecule has 1 aromatic heterocycles. The molecule has 18 heavy (non-hydrogen) atoms. The monoisotopic (exact) mass is 246 g/mol. The van der Waals surface area contributed by atoms with Crippen LogP contribution in [0.2, 0.25) is 0 Å². The number of benzene rings is 1. The van der Waals surface area contributed by atoms with E-state index in [1.165, 1.54) is 12.1 Å². The third kappa shape index (κ3) is 2.84. The fourth-order valence-electron chi connectivity index (χ4n) is 1.86. The SMILES string of the molecule is Cc1ccn(Cc2cc(F)cc(CN)c2)c(=O)c1. The molecule has 0 amide bonds. The lowest BCUT2D eigenvalue weighted by molar-refractivity contribution is 0.620. The fraction of sp³-hybridized carbons (Fsp3) is 0.214. The van der Waals surface area contributed by atoms with Crippen molar-refractivity contribution in [2.75, 3.05) is 0 Å². The van der Waals surface area contributed by atoms with Crippen molar-refractivity contribution < 1.29 is 4.39 Å². The molecule has 0 spiro atoms. The Morgan fingerprint density at radius 1 is 1.22 bits per heavy atom. The van der Waals surface area contributed by atoms with Gasteiger partial charge in [0.05, 0.1) is 6.54 Å². The highest BCUT2D eigenvalue weighted by molar-refractivity contribution is 5.25. The van der Waals surface area contributed by atoms with Crippen molar-refractivity contribution in [2.24, 2.45) is 5.73 Å². The molecule has 0 aliphatic carbocycles. The van der Waals surface area contributed by atoms with Crippen molar-refractivity contribution in [1.29, 1.82) is 0 Å². The van der Waals surface area contributed by atoms with Crippen LogP contribution in [0.15, 0.2) is 41.3 Å². The van der Waals surface area contributed by atoms with E-state index in [1.54, 1.807) is 16.8 Å². The normalized spacial score (nSPS) is 10.6. The zero-order valence-corrected chi connectivity index (χ0v) is 10.2. The lowest BCUT2D eigenvalue weighted by Gasteiger charge is -2.08. The largest absolute Gasteiger partial charge is 0.326 e. The second kappa shape index (κ2) is 5.14. The Hall–Kier alpha value is -1.94. The summed E-state index contributed by atoms with van der Waals surface area (Å²) >= 11 is 0. The summed E-state index contributed by atoms with van der Waals surface area (Å²) in [4.78, 5) is 11.7. The average molecular weight is 246 g/mol. The third-order valence-electron chi connectivity index (χ3n) is 2.76. The first kappa shape index (κ1) is 12.5. The van der Waals surface area contributed by atoms with Crippen LogP contribution in [0.1, 0.15) is 16.7 Å². The molecule has 0 atom stereocenters. The number of aromatic nitrogens is 1. The van der Waals surface area contributed by atoms with E-state index in [-0.39, 0.29) is 17.9 Å². The van der Waals surface area contributed by atoms with E-state index in [9.17, 15) is 9.18 Å². The van der Waals surface area contributed by atoms with Gasteiger partial charge in [0.2, 0.25) is 0 Å². The van der Waals surface area contributed by atoms with E-state index in [4.69, 9.17) is 5.73 Å². The van der Waals surface area contributed by atoms with Gasteiger partial charge in [-0.3, -0.25) is 4.79 Å². The predicted molar refractivity (Wildman–Crippen MR) is 68.8 cm³/mol. The average Bonchev–Trinajstić information content (AvgIpc) is 2.32. The van der Waals surface area contributed by atoms with E-state index < -0.39 is 0 Å². The second-order valence-electron chi connectivity index (χ2n) is 4.34. The Balaban J connectivity index is 2.33. The molecule has 2 aromatic rings. The minimum Gasteiger partial charge on any atom is -0.326 e. The number of hydrogen-bond donors (Lipinski definition) is 1. The molecule has 2 rings (SSSR count). The van der Waals surface area contributed by atoms with Gasteiger partial charge >= 0.3 is 0 Å². The lowest BCUT2D eigenvalue weighted by atomic mass is 10.1. The van der Waals surface area contributed by atoms with Gasteiger partial charge in [-0.1, -0.05) is 6.07 Å². The summed E-state index contributed by atoms with van der Waals surface area (Å²) in [6.07, 6.45) is 1.71. The maximum Gasteiger partial charge on any atom is 0.251 e. The minimum atomic E-state index is -0.326. The number of nitrogens with two attached hydrogens (primary N) is 1. The number of pyridine rings is 1. The Morgan fingerprint density at radius 2 is 1.94 bits per heavy atom. The molecule has 0 saturated heterocycles. The molecule has 0 unspecified atom stereocenters. The maximum absolute atomic E-state index is 13.3. The van der Waals surface area contributed by atoms with Gasteiger partial charge < -0.3 is 10.3 Å². The number of hydrogen-bond acceptors (Lipinski definition) is 2. The summed E-state index contributed by atoms with van der Waals surface area (Å²) in [5.74, 6) is -0.326. The predicted octanol–water partition coefficient (Wildman–Crippen LogP) is 1.80. The molecule has 0 aliphatic heterocycles. The van der Waals surface area contributed by atoms with Crippen LogP contribution in [0.3, 0.4) is 0 Å². The van der Waals surface area contributed by atoms with Gasteiger partial charge in [-0.15, -0.1) is 0 Å². The van der Waals surface area contributed by atoms with E-state index in [1.807, 2.05) is 19.1 Å². The van der Waals surface area contributed by atoms with E-state index in [0.29, 0.717) is 6.54 Å². The van der Waals surface area contributed by atoms with Gasteiger partial charge in [0.1, 0.15) is 5.82 Å². The topological polar surface area (TPSA) is 48.0 Å². The van der Waals surface area contributed by atoms with Gasteiger partial charge in [-0.05, 0) is 41.8 Å². The standard InChI is InChI=1S/C14H15FN2O/c1-10-2-3-17(14(18)4-10)9-12-5-11(8-16)6-13(15)7-12/h2-7H,8-9,16H2,1H3. The van der Waals surface area contributed by atoms with E-state index in [2.05, 4.69) is 0 Å². The van der Waals surface area contributed by atoms with Crippen LogP contribution < -0.4 is 11.3 Å². The van der Waals surface area contributed by atoms with Crippen LogP contribution >= 0.6 is 0 Å². The third-order valence-corrected chi connectivity index (χ3v) is 2.76. The Morgan fingerprint density at radius 3 is 2.61 bits per heavy atom. The molecule has 94 valence electrons. The molecular formula is C14H15FN2O. The summed E-state index contributed by atoms with van der Waals surface area (Å²) < 4.78 is 14.9. The Labute approximate surface area is 105 Å². The summed E-state index contributed by atoms with van der Waals surface area (Å²) in [6, 6.07) is 8.05. The van der Waals surface area contributed by atoms with E-state index in [0.717, 1.165) is 16.7 Å². The molecule has 0 radical (unpaired) electrons. The van der Waals surface area contributed by atoms with Gasteiger partial charge in [0.25, 0.3) is 5.56 Å². The van der Waals surface area contributed by atoms with Gasteiger partial charge in [-0.25, -0.2) is 4.39 Å². The first-order chi connectivity index (χ1) is 8.58. The molecule has 1 heterocycles. The smallest absolute Gasteiger partial charge is 0.251 e. The molecular weight excluding hydrogens is 231 g/mol. The lowest BCUT2D eigenvalue weighted by Crippen LogP contribution is -2.19. The van der Waals surface area contributed by atoms with Gasteiger partial charge in [0.15, 0.2) is 0 Å². The highest BCUT2D eigenvalue weighted by Crippen LogP contribution is 2.10. The summed E-state index contributed by atoms with van der Waals surface area (Å²) in [5, 5.41) is 0. The van der Waals surface area contributed by atoms with Gasteiger partial charge in [-0.2, -0.15) is 0 Å². The molecule has 0 fully saturated rings. The maximum atomic E-state index is 13.3.